The van der Waals surface area contributed by atoms with Crippen LogP contribution in [-0.4, -0.2) is 17.1 Å². The molecule has 0 saturated heterocycles. The van der Waals surface area contributed by atoms with E-state index in [0.717, 1.165) is 36.8 Å². The number of nitrogens with one attached hydrogen (secondary N) is 1. The zero-order chi connectivity index (χ0) is 13.2. The van der Waals surface area contributed by atoms with E-state index in [1.807, 2.05) is 18.2 Å². The maximum absolute atomic E-state index is 13.9. The number of fused-ring (bicyclic) bond motifs is 1. The van der Waals surface area contributed by atoms with Crippen molar-refractivity contribution in [1.29, 1.82) is 0 Å². The van der Waals surface area contributed by atoms with Gasteiger partial charge in [-0.05, 0) is 31.7 Å². The normalized spacial score (nSPS) is 22.3. The number of nitrogens with zero attached hydrogens (tertiary/aromatic N) is 1. The lowest BCUT2D eigenvalue weighted by Crippen LogP contribution is -2.32. The minimum atomic E-state index is -0.270. The van der Waals surface area contributed by atoms with Gasteiger partial charge in [-0.1, -0.05) is 12.1 Å². The Morgan fingerprint density at radius 3 is 2.65 bits per heavy atom. The Balaban J connectivity index is 0.00000147. The highest BCUT2D eigenvalue weighted by molar-refractivity contribution is 5.93. The van der Waals surface area contributed by atoms with Gasteiger partial charge in [0.1, 0.15) is 0 Å². The third kappa shape index (κ3) is 3.02. The van der Waals surface area contributed by atoms with Crippen LogP contribution in [0.5, 0.6) is 0 Å². The fraction of sp³-hybridized carbons (Fsp3) is 0.400. The standard InChI is InChI=1S/C15H18FN3.ClH/c16-13-9-18-8-10-2-1-3-14(15(10)13)19-12-6-4-11(17)5-7-12;/h1-3,8-9,11-12,19H,4-7,17H2;1H. The average molecular weight is 296 g/mol. The van der Waals surface area contributed by atoms with Gasteiger partial charge in [-0.2, -0.15) is 0 Å². The number of halogens is 2. The molecule has 20 heavy (non-hydrogen) atoms. The summed E-state index contributed by atoms with van der Waals surface area (Å²) < 4.78 is 13.9. The molecule has 0 unspecified atom stereocenters. The van der Waals surface area contributed by atoms with Crippen LogP contribution in [0.25, 0.3) is 10.8 Å². The van der Waals surface area contributed by atoms with Crippen LogP contribution >= 0.6 is 12.4 Å². The molecule has 1 aromatic carbocycles. The van der Waals surface area contributed by atoms with Gasteiger partial charge in [0, 0.05) is 34.7 Å². The Bertz CT molecular complexity index is 577. The molecule has 0 aliphatic heterocycles. The van der Waals surface area contributed by atoms with E-state index in [0.29, 0.717) is 17.5 Å². The molecule has 3 N–H and O–H groups in total. The third-order valence-corrected chi connectivity index (χ3v) is 3.87. The lowest BCUT2D eigenvalue weighted by molar-refractivity contribution is 0.411. The van der Waals surface area contributed by atoms with Crippen molar-refractivity contribution in [1.82, 2.24) is 4.98 Å². The van der Waals surface area contributed by atoms with Gasteiger partial charge in [-0.3, -0.25) is 4.98 Å². The molecule has 3 nitrogen and oxygen atoms in total. The fourth-order valence-corrected chi connectivity index (χ4v) is 2.80. The zero-order valence-corrected chi connectivity index (χ0v) is 12.0. The van der Waals surface area contributed by atoms with Crippen molar-refractivity contribution >= 4 is 28.9 Å². The Morgan fingerprint density at radius 1 is 1.15 bits per heavy atom. The van der Waals surface area contributed by atoms with Gasteiger partial charge in [0.25, 0.3) is 0 Å². The van der Waals surface area contributed by atoms with E-state index in [2.05, 4.69) is 10.3 Å². The van der Waals surface area contributed by atoms with E-state index in [9.17, 15) is 4.39 Å². The van der Waals surface area contributed by atoms with Crippen LogP contribution in [0.1, 0.15) is 25.7 Å². The van der Waals surface area contributed by atoms with E-state index in [1.54, 1.807) is 6.20 Å². The number of aromatic nitrogens is 1. The van der Waals surface area contributed by atoms with Gasteiger partial charge in [-0.15, -0.1) is 12.4 Å². The van der Waals surface area contributed by atoms with Crippen molar-refractivity contribution in [3.05, 3.63) is 36.4 Å². The Morgan fingerprint density at radius 2 is 1.90 bits per heavy atom. The predicted octanol–water partition coefficient (Wildman–Crippen LogP) is 3.48. The molecule has 1 aliphatic rings. The van der Waals surface area contributed by atoms with Crippen molar-refractivity contribution in [2.75, 3.05) is 5.32 Å². The Hall–Kier alpha value is -1.39. The molecule has 0 atom stereocenters. The first-order chi connectivity index (χ1) is 9.24. The zero-order valence-electron chi connectivity index (χ0n) is 11.2. The molecule has 0 radical (unpaired) electrons. The van der Waals surface area contributed by atoms with Gasteiger partial charge in [-0.25, -0.2) is 4.39 Å². The topological polar surface area (TPSA) is 50.9 Å². The second kappa shape index (κ2) is 6.37. The molecule has 1 aliphatic carbocycles. The van der Waals surface area contributed by atoms with Crippen LogP contribution in [0.3, 0.4) is 0 Å². The number of anilines is 1. The molecular formula is C15H19ClFN3. The fourth-order valence-electron chi connectivity index (χ4n) is 2.80. The molecule has 1 fully saturated rings. The number of rotatable bonds is 2. The Labute approximate surface area is 124 Å². The average Bonchev–Trinajstić information content (AvgIpc) is 2.42. The van der Waals surface area contributed by atoms with Crippen LogP contribution in [0.2, 0.25) is 0 Å². The number of hydrogen-bond acceptors (Lipinski definition) is 3. The molecule has 108 valence electrons. The maximum atomic E-state index is 13.9. The van der Waals surface area contributed by atoms with E-state index < -0.39 is 0 Å². The smallest absolute Gasteiger partial charge is 0.151 e. The SMILES string of the molecule is Cl.NC1CCC(Nc2cccc3cncc(F)c23)CC1. The number of hydrogen-bond donors (Lipinski definition) is 2. The summed E-state index contributed by atoms with van der Waals surface area (Å²) in [7, 11) is 0. The highest BCUT2D eigenvalue weighted by Crippen LogP contribution is 2.28. The maximum Gasteiger partial charge on any atom is 0.151 e. The van der Waals surface area contributed by atoms with Crippen molar-refractivity contribution in [2.45, 2.75) is 37.8 Å². The van der Waals surface area contributed by atoms with Gasteiger partial charge < -0.3 is 11.1 Å². The van der Waals surface area contributed by atoms with Crippen LogP contribution in [-0.2, 0) is 0 Å². The first-order valence-corrected chi connectivity index (χ1v) is 6.78. The molecular weight excluding hydrogens is 277 g/mol. The van der Waals surface area contributed by atoms with Gasteiger partial charge >= 0.3 is 0 Å². The van der Waals surface area contributed by atoms with Crippen LogP contribution < -0.4 is 11.1 Å². The Kier molecular flexibility index (Phi) is 4.78. The van der Waals surface area contributed by atoms with E-state index in [1.165, 1.54) is 6.20 Å². The van der Waals surface area contributed by atoms with Crippen LogP contribution in [0.15, 0.2) is 30.6 Å². The van der Waals surface area contributed by atoms with E-state index >= 15 is 0 Å². The van der Waals surface area contributed by atoms with Gasteiger partial charge in [0.05, 0.1) is 6.20 Å². The minimum absolute atomic E-state index is 0. The van der Waals surface area contributed by atoms with Gasteiger partial charge in [0.2, 0.25) is 0 Å². The lowest BCUT2D eigenvalue weighted by Gasteiger charge is -2.28. The minimum Gasteiger partial charge on any atom is -0.382 e. The highest BCUT2D eigenvalue weighted by Gasteiger charge is 2.19. The quantitative estimate of drug-likeness (QED) is 0.892. The summed E-state index contributed by atoms with van der Waals surface area (Å²) in [5.41, 5.74) is 6.77. The second-order valence-electron chi connectivity index (χ2n) is 5.28. The number of benzene rings is 1. The number of nitrogens with two attached hydrogens (primary N) is 1. The summed E-state index contributed by atoms with van der Waals surface area (Å²) in [4.78, 5) is 3.89. The molecule has 1 aromatic heterocycles. The molecule has 0 amide bonds. The molecule has 3 rings (SSSR count). The van der Waals surface area contributed by atoms with E-state index in [4.69, 9.17) is 5.73 Å². The van der Waals surface area contributed by atoms with Crippen LogP contribution in [0.4, 0.5) is 10.1 Å². The van der Waals surface area contributed by atoms with Gasteiger partial charge in [0.15, 0.2) is 5.82 Å². The van der Waals surface area contributed by atoms with Crippen molar-refractivity contribution < 1.29 is 4.39 Å². The first kappa shape index (κ1) is 15.0. The second-order valence-corrected chi connectivity index (χ2v) is 5.28. The largest absolute Gasteiger partial charge is 0.382 e. The summed E-state index contributed by atoms with van der Waals surface area (Å²) >= 11 is 0. The monoisotopic (exact) mass is 295 g/mol. The van der Waals surface area contributed by atoms with Crippen molar-refractivity contribution in [3.8, 4) is 0 Å². The molecule has 2 aromatic rings. The summed E-state index contributed by atoms with van der Waals surface area (Å²) in [6.45, 7) is 0. The number of pyridine rings is 1. The summed E-state index contributed by atoms with van der Waals surface area (Å²) in [6.07, 6.45) is 7.12. The van der Waals surface area contributed by atoms with Crippen molar-refractivity contribution in [2.24, 2.45) is 5.73 Å². The summed E-state index contributed by atoms with van der Waals surface area (Å²) in [5, 5.41) is 4.92. The lowest BCUT2D eigenvalue weighted by atomic mass is 9.91. The summed E-state index contributed by atoms with van der Waals surface area (Å²) in [5.74, 6) is -0.270. The summed E-state index contributed by atoms with van der Waals surface area (Å²) in [6, 6.07) is 6.46. The highest BCUT2D eigenvalue weighted by atomic mass is 35.5. The third-order valence-electron chi connectivity index (χ3n) is 3.87. The predicted molar refractivity (Wildman–Crippen MR) is 82.8 cm³/mol. The molecule has 5 heteroatoms. The molecule has 0 bridgehead atoms. The van der Waals surface area contributed by atoms with Crippen molar-refractivity contribution in [3.63, 3.8) is 0 Å². The first-order valence-electron chi connectivity index (χ1n) is 6.78. The molecule has 1 saturated carbocycles. The molecule has 0 spiro atoms. The van der Waals surface area contributed by atoms with Crippen LogP contribution in [0, 0.1) is 5.82 Å². The van der Waals surface area contributed by atoms with E-state index in [-0.39, 0.29) is 18.2 Å². The molecule has 1 heterocycles.